The van der Waals surface area contributed by atoms with Crippen LogP contribution in [0.2, 0.25) is 0 Å². The van der Waals surface area contributed by atoms with E-state index in [-0.39, 0.29) is 32.0 Å². The Hall–Kier alpha value is -4.37. The number of allylic oxidation sites excluding steroid dienone is 26. The highest BCUT2D eigenvalue weighted by molar-refractivity contribution is 7.47. The van der Waals surface area contributed by atoms with Gasteiger partial charge in [-0.15, -0.1) is 0 Å². The van der Waals surface area contributed by atoms with Gasteiger partial charge in [0.1, 0.15) is 19.8 Å². The molecular formula is C86H147NO8P+. The molecule has 96 heavy (non-hydrogen) atoms. The predicted octanol–water partition coefficient (Wildman–Crippen LogP) is 26.3. The minimum absolute atomic E-state index is 0.0264. The van der Waals surface area contributed by atoms with Crippen molar-refractivity contribution in [2.45, 2.75) is 328 Å². The molecule has 2 atom stereocenters. The number of esters is 2. The number of likely N-dealkylation sites (N-methyl/N-ethyl adjacent to an activating group) is 1. The summed E-state index contributed by atoms with van der Waals surface area (Å²) < 4.78 is 34.8. The van der Waals surface area contributed by atoms with Crippen LogP contribution >= 0.6 is 7.82 Å². The number of phosphoric ester groups is 1. The average Bonchev–Trinajstić information content (AvgIpc) is 2.72. The first kappa shape index (κ1) is 91.6. The first-order valence-electron chi connectivity index (χ1n) is 39.2. The molecule has 1 N–H and O–H groups in total. The molecule has 0 fully saturated rings. The summed E-state index contributed by atoms with van der Waals surface area (Å²) in [7, 11) is 1.47. The van der Waals surface area contributed by atoms with Gasteiger partial charge in [-0.2, -0.15) is 0 Å². The monoisotopic (exact) mass is 1350 g/mol. The third-order valence-corrected chi connectivity index (χ3v) is 17.5. The van der Waals surface area contributed by atoms with Crippen molar-refractivity contribution in [1.82, 2.24) is 0 Å². The number of carbonyl (C=O) groups is 2. The Morgan fingerprint density at radius 2 is 0.562 bits per heavy atom. The van der Waals surface area contributed by atoms with Crippen LogP contribution in [0.15, 0.2) is 158 Å². The lowest BCUT2D eigenvalue weighted by Crippen LogP contribution is -2.37. The minimum atomic E-state index is -4.40. The molecule has 0 aliphatic rings. The molecule has 0 aromatic carbocycles. The molecular weight excluding hydrogens is 1210 g/mol. The van der Waals surface area contributed by atoms with Gasteiger partial charge in [0.15, 0.2) is 6.10 Å². The molecule has 548 valence electrons. The average molecular weight is 1350 g/mol. The van der Waals surface area contributed by atoms with Crippen LogP contribution in [-0.2, 0) is 32.7 Å². The van der Waals surface area contributed by atoms with E-state index in [4.69, 9.17) is 18.5 Å². The molecule has 0 aromatic rings. The van der Waals surface area contributed by atoms with Crippen molar-refractivity contribution in [3.63, 3.8) is 0 Å². The van der Waals surface area contributed by atoms with Crippen molar-refractivity contribution >= 4 is 19.8 Å². The summed E-state index contributed by atoms with van der Waals surface area (Å²) in [6.45, 7) is 4.22. The molecule has 2 unspecified atom stereocenters. The summed E-state index contributed by atoms with van der Waals surface area (Å²) in [5, 5.41) is 0. The van der Waals surface area contributed by atoms with E-state index < -0.39 is 26.5 Å². The molecule has 0 amide bonds. The molecule has 0 saturated carbocycles. The van der Waals surface area contributed by atoms with Crippen molar-refractivity contribution in [2.75, 3.05) is 47.5 Å². The molecule has 0 saturated heterocycles. The third-order valence-electron chi connectivity index (χ3n) is 16.6. The predicted molar refractivity (Wildman–Crippen MR) is 417 cm³/mol. The van der Waals surface area contributed by atoms with E-state index >= 15 is 0 Å². The molecule has 0 aliphatic carbocycles. The molecule has 0 spiro atoms. The number of carbonyl (C=O) groups excluding carboxylic acids is 2. The highest BCUT2D eigenvalue weighted by Crippen LogP contribution is 2.43. The second kappa shape index (κ2) is 74.8. The van der Waals surface area contributed by atoms with Gasteiger partial charge >= 0.3 is 19.8 Å². The Balaban J connectivity index is 4.01. The Bertz CT molecular complexity index is 2180. The van der Waals surface area contributed by atoms with Gasteiger partial charge in [-0.1, -0.05) is 345 Å². The second-order valence-corrected chi connectivity index (χ2v) is 28.4. The largest absolute Gasteiger partial charge is 0.472 e. The van der Waals surface area contributed by atoms with Gasteiger partial charge in [-0.25, -0.2) is 4.57 Å². The molecule has 10 heteroatoms. The molecule has 0 aliphatic heterocycles. The van der Waals surface area contributed by atoms with Crippen molar-refractivity contribution < 1.29 is 42.1 Å². The van der Waals surface area contributed by atoms with Crippen LogP contribution < -0.4 is 0 Å². The number of nitrogens with zero attached hydrogens (tertiary/aromatic N) is 1. The molecule has 0 aromatic heterocycles. The lowest BCUT2D eigenvalue weighted by atomic mass is 10.0. The summed E-state index contributed by atoms with van der Waals surface area (Å²) in [6, 6.07) is 0. The first-order chi connectivity index (χ1) is 47.0. The van der Waals surface area contributed by atoms with Crippen LogP contribution in [-0.4, -0.2) is 74.9 Å². The van der Waals surface area contributed by atoms with E-state index in [1.54, 1.807) is 0 Å². The van der Waals surface area contributed by atoms with Gasteiger partial charge in [0.2, 0.25) is 0 Å². The SMILES string of the molecule is CC/C=C\C/C=C\C/C=C\C/C=C\C/C=C\C/C=C\C/C=C\C/C=C\CCCCCCCCCCCCCCC(=O)OC(COC(=O)CCCCCCCCCCCCCCCCCCCCC/C=C\C/C=C\C/C=C\C/C=C\C/C=C\CC)COP(=O)(O)OCC[N+](C)(C)C. The summed E-state index contributed by atoms with van der Waals surface area (Å²) in [4.78, 5) is 36.0. The third kappa shape index (κ3) is 78.6. The minimum Gasteiger partial charge on any atom is -0.462 e. The van der Waals surface area contributed by atoms with Crippen LogP contribution in [0.4, 0.5) is 0 Å². The fourth-order valence-electron chi connectivity index (χ4n) is 10.6. The number of phosphoric acid groups is 1. The van der Waals surface area contributed by atoms with Crippen LogP contribution in [0.25, 0.3) is 0 Å². The van der Waals surface area contributed by atoms with Gasteiger partial charge in [-0.05, 0) is 122 Å². The Morgan fingerprint density at radius 1 is 0.323 bits per heavy atom. The zero-order valence-electron chi connectivity index (χ0n) is 62.6. The standard InChI is InChI=1S/C86H146NO8P/c1-6-8-10-12-14-16-18-20-22-24-26-28-30-32-34-36-38-40-42-43-45-47-49-51-53-55-57-59-61-63-65-67-69-71-73-75-77-79-86(89)95-84(83-94-96(90,91)93-81-80-87(3,4)5)82-92-85(88)78-76-74-72-70-68-66-64-62-60-58-56-54-52-50-48-46-44-41-39-37-35-33-31-29-27-25-23-21-19-17-15-13-11-9-7-2/h8-11,14-17,20-23,26-29,32-35,38,40,43,45,49,51,84H,6-7,12-13,18-19,24-25,30-31,36-37,39,41-42,44,46-48,50,52-83H2,1-5H3/p+1/b10-8-,11-9-,16-14-,17-15-,22-20-,23-21-,28-26-,29-27-,34-32-,35-33-,40-38-,45-43-,51-49-. The Labute approximate surface area is 592 Å². The maximum absolute atomic E-state index is 12.9. The Morgan fingerprint density at radius 3 is 0.833 bits per heavy atom. The van der Waals surface area contributed by atoms with E-state index in [1.165, 1.54) is 167 Å². The number of hydrogen-bond acceptors (Lipinski definition) is 7. The van der Waals surface area contributed by atoms with E-state index in [0.717, 1.165) is 122 Å². The van der Waals surface area contributed by atoms with Gasteiger partial charge in [0.25, 0.3) is 0 Å². The quantitative estimate of drug-likeness (QED) is 0.0211. The summed E-state index contributed by atoms with van der Waals surface area (Å²) in [5.74, 6) is -0.796. The number of quaternary nitrogens is 1. The lowest BCUT2D eigenvalue weighted by molar-refractivity contribution is -0.870. The summed E-state index contributed by atoms with van der Waals surface area (Å²) in [5.41, 5.74) is 0. The molecule has 0 heterocycles. The first-order valence-corrected chi connectivity index (χ1v) is 40.7. The maximum atomic E-state index is 12.9. The summed E-state index contributed by atoms with van der Waals surface area (Å²) >= 11 is 0. The van der Waals surface area contributed by atoms with E-state index in [1.807, 2.05) is 21.1 Å². The smallest absolute Gasteiger partial charge is 0.462 e. The van der Waals surface area contributed by atoms with Gasteiger partial charge < -0.3 is 18.9 Å². The van der Waals surface area contributed by atoms with Crippen molar-refractivity contribution in [2.24, 2.45) is 0 Å². The molecule has 0 rings (SSSR count). The zero-order chi connectivity index (χ0) is 69.7. The molecule has 9 nitrogen and oxygen atoms in total. The van der Waals surface area contributed by atoms with Crippen LogP contribution in [0.3, 0.4) is 0 Å². The van der Waals surface area contributed by atoms with Crippen LogP contribution in [0, 0.1) is 0 Å². The summed E-state index contributed by atoms with van der Waals surface area (Å²) in [6.07, 6.45) is 112. The number of hydrogen-bond donors (Lipinski definition) is 1. The fraction of sp³-hybridized carbons (Fsp3) is 0.674. The lowest BCUT2D eigenvalue weighted by Gasteiger charge is -2.24. The van der Waals surface area contributed by atoms with Crippen molar-refractivity contribution in [3.05, 3.63) is 158 Å². The Kier molecular flexibility index (Phi) is 71.4. The van der Waals surface area contributed by atoms with Crippen molar-refractivity contribution in [3.8, 4) is 0 Å². The number of ether oxygens (including phenoxy) is 2. The highest BCUT2D eigenvalue weighted by Gasteiger charge is 2.27. The van der Waals surface area contributed by atoms with Crippen molar-refractivity contribution in [1.29, 1.82) is 0 Å². The topological polar surface area (TPSA) is 108 Å². The maximum Gasteiger partial charge on any atom is 0.472 e. The number of rotatable bonds is 71. The molecule has 0 bridgehead atoms. The normalized spacial score (nSPS) is 13.9. The molecule has 0 radical (unpaired) electrons. The van der Waals surface area contributed by atoms with Gasteiger partial charge in [0, 0.05) is 12.8 Å². The van der Waals surface area contributed by atoms with Crippen LogP contribution in [0.1, 0.15) is 322 Å². The van der Waals surface area contributed by atoms with Gasteiger partial charge in [-0.3, -0.25) is 18.6 Å². The zero-order valence-corrected chi connectivity index (χ0v) is 63.5. The second-order valence-electron chi connectivity index (χ2n) is 27.0. The van der Waals surface area contributed by atoms with Gasteiger partial charge in [0.05, 0.1) is 27.7 Å². The van der Waals surface area contributed by atoms with E-state index in [0.29, 0.717) is 17.4 Å². The fourth-order valence-corrected chi connectivity index (χ4v) is 11.4. The van der Waals surface area contributed by atoms with Crippen LogP contribution in [0.5, 0.6) is 0 Å². The van der Waals surface area contributed by atoms with E-state index in [9.17, 15) is 19.0 Å². The van der Waals surface area contributed by atoms with E-state index in [2.05, 4.69) is 172 Å². The highest BCUT2D eigenvalue weighted by atomic mass is 31.2. The number of unbranched alkanes of at least 4 members (excludes halogenated alkanes) is 31.